The first-order valence-corrected chi connectivity index (χ1v) is 5.78. The molecule has 6 nitrogen and oxygen atoms in total. The molecule has 94 valence electrons. The highest BCUT2D eigenvalue weighted by atomic mass is 35.5. The highest BCUT2D eigenvalue weighted by Crippen LogP contribution is 2.23. The van der Waals surface area contributed by atoms with Crippen LogP contribution >= 0.6 is 11.6 Å². The minimum atomic E-state index is -0.437. The van der Waals surface area contributed by atoms with Gasteiger partial charge in [-0.1, -0.05) is 11.6 Å². The average Bonchev–Trinajstić information content (AvgIpc) is 2.81. The summed E-state index contributed by atoms with van der Waals surface area (Å²) in [4.78, 5) is 14.4. The summed E-state index contributed by atoms with van der Waals surface area (Å²) in [5, 5.41) is 15.1. The highest BCUT2D eigenvalue weighted by molar-refractivity contribution is 6.29. The molecule has 0 aliphatic rings. The van der Waals surface area contributed by atoms with Crippen molar-refractivity contribution in [2.75, 3.05) is 0 Å². The molecular formula is C12H7ClN4O2. The monoisotopic (exact) mass is 274 g/mol. The number of fused-ring (bicyclic) bond motifs is 1. The Morgan fingerprint density at radius 1 is 1.16 bits per heavy atom. The summed E-state index contributed by atoms with van der Waals surface area (Å²) >= 11 is 5.85. The molecule has 2 aromatic heterocycles. The van der Waals surface area contributed by atoms with Gasteiger partial charge in [-0.2, -0.15) is 5.10 Å². The molecule has 0 unspecified atom stereocenters. The zero-order valence-corrected chi connectivity index (χ0v) is 10.3. The molecule has 0 spiro atoms. The van der Waals surface area contributed by atoms with Crippen LogP contribution in [0.2, 0.25) is 5.15 Å². The Labute approximate surface area is 112 Å². The summed E-state index contributed by atoms with van der Waals surface area (Å²) in [5.41, 5.74) is 2.22. The standard InChI is InChI=1S/C12H7ClN4O2/c13-11-5-6-12-14-7-10(16(12)15-11)8-1-3-9(4-2-8)17(18)19/h1-7H. The molecular weight excluding hydrogens is 268 g/mol. The van der Waals surface area contributed by atoms with Gasteiger partial charge in [0.05, 0.1) is 16.8 Å². The molecule has 19 heavy (non-hydrogen) atoms. The molecule has 0 saturated heterocycles. The van der Waals surface area contributed by atoms with E-state index in [1.54, 1.807) is 35.0 Å². The van der Waals surface area contributed by atoms with E-state index in [9.17, 15) is 10.1 Å². The van der Waals surface area contributed by atoms with Gasteiger partial charge in [-0.3, -0.25) is 10.1 Å². The first-order valence-electron chi connectivity index (χ1n) is 5.40. The second-order valence-corrected chi connectivity index (χ2v) is 4.26. The summed E-state index contributed by atoms with van der Waals surface area (Å²) < 4.78 is 1.60. The summed E-state index contributed by atoms with van der Waals surface area (Å²) in [7, 11) is 0. The van der Waals surface area contributed by atoms with Crippen LogP contribution in [0, 0.1) is 10.1 Å². The molecule has 1 aromatic carbocycles. The van der Waals surface area contributed by atoms with E-state index in [-0.39, 0.29) is 5.69 Å². The fourth-order valence-corrected chi connectivity index (χ4v) is 1.94. The Bertz CT molecular complexity index is 767. The van der Waals surface area contributed by atoms with Crippen LogP contribution in [-0.2, 0) is 0 Å². The van der Waals surface area contributed by atoms with Crippen molar-refractivity contribution in [3.05, 3.63) is 57.9 Å². The maximum atomic E-state index is 10.6. The molecule has 3 aromatic rings. The van der Waals surface area contributed by atoms with Crippen LogP contribution < -0.4 is 0 Å². The number of halogens is 1. The number of nitro benzene ring substituents is 1. The summed E-state index contributed by atoms with van der Waals surface area (Å²) in [6.45, 7) is 0. The summed E-state index contributed by atoms with van der Waals surface area (Å²) in [5.74, 6) is 0. The molecule has 0 N–H and O–H groups in total. The number of imidazole rings is 1. The van der Waals surface area contributed by atoms with Gasteiger partial charge in [0.2, 0.25) is 0 Å². The Balaban J connectivity index is 2.13. The molecule has 0 saturated carbocycles. The van der Waals surface area contributed by atoms with Crippen molar-refractivity contribution in [3.63, 3.8) is 0 Å². The Morgan fingerprint density at radius 2 is 1.89 bits per heavy atom. The van der Waals surface area contributed by atoms with Crippen LogP contribution in [0.3, 0.4) is 0 Å². The number of nitro groups is 1. The third kappa shape index (κ3) is 2.02. The van der Waals surface area contributed by atoms with E-state index >= 15 is 0 Å². The van der Waals surface area contributed by atoms with Gasteiger partial charge in [-0.05, 0) is 24.3 Å². The lowest BCUT2D eigenvalue weighted by Gasteiger charge is -2.01. The molecule has 0 aliphatic carbocycles. The summed E-state index contributed by atoms with van der Waals surface area (Å²) in [6.07, 6.45) is 1.65. The zero-order valence-electron chi connectivity index (χ0n) is 9.52. The number of hydrogen-bond acceptors (Lipinski definition) is 4. The second-order valence-electron chi connectivity index (χ2n) is 3.87. The number of hydrogen-bond donors (Lipinski definition) is 0. The van der Waals surface area contributed by atoms with Crippen molar-refractivity contribution in [1.29, 1.82) is 0 Å². The van der Waals surface area contributed by atoms with Crippen molar-refractivity contribution in [2.24, 2.45) is 0 Å². The van der Waals surface area contributed by atoms with Gasteiger partial charge in [0.25, 0.3) is 5.69 Å². The second kappa shape index (κ2) is 4.33. The van der Waals surface area contributed by atoms with Crippen LogP contribution in [0.5, 0.6) is 0 Å². The Kier molecular flexibility index (Phi) is 2.64. The summed E-state index contributed by atoms with van der Waals surface area (Å²) in [6, 6.07) is 9.61. The molecule has 2 heterocycles. The van der Waals surface area contributed by atoms with E-state index in [1.807, 2.05) is 0 Å². The topological polar surface area (TPSA) is 73.3 Å². The average molecular weight is 275 g/mol. The third-order valence-electron chi connectivity index (χ3n) is 2.70. The number of non-ortho nitro benzene ring substituents is 1. The van der Waals surface area contributed by atoms with Crippen LogP contribution in [0.15, 0.2) is 42.6 Å². The van der Waals surface area contributed by atoms with Gasteiger partial charge < -0.3 is 0 Å². The molecule has 0 aliphatic heterocycles. The van der Waals surface area contributed by atoms with Crippen molar-refractivity contribution in [3.8, 4) is 11.3 Å². The van der Waals surface area contributed by atoms with E-state index in [1.165, 1.54) is 12.1 Å². The van der Waals surface area contributed by atoms with E-state index in [2.05, 4.69) is 10.1 Å². The van der Waals surface area contributed by atoms with Crippen molar-refractivity contribution < 1.29 is 4.92 Å². The minimum Gasteiger partial charge on any atom is -0.258 e. The van der Waals surface area contributed by atoms with E-state index in [0.717, 1.165) is 11.3 Å². The molecule has 0 atom stereocenters. The van der Waals surface area contributed by atoms with Gasteiger partial charge >= 0.3 is 0 Å². The lowest BCUT2D eigenvalue weighted by molar-refractivity contribution is -0.384. The predicted molar refractivity (Wildman–Crippen MR) is 70.1 cm³/mol. The Morgan fingerprint density at radius 3 is 2.58 bits per heavy atom. The first kappa shape index (κ1) is 11.6. The van der Waals surface area contributed by atoms with Crippen LogP contribution in [-0.4, -0.2) is 19.5 Å². The lowest BCUT2D eigenvalue weighted by atomic mass is 10.1. The normalized spacial score (nSPS) is 10.8. The van der Waals surface area contributed by atoms with Gasteiger partial charge in [0.15, 0.2) is 5.65 Å². The van der Waals surface area contributed by atoms with E-state index in [4.69, 9.17) is 11.6 Å². The highest BCUT2D eigenvalue weighted by Gasteiger charge is 2.10. The number of aromatic nitrogens is 3. The van der Waals surface area contributed by atoms with E-state index in [0.29, 0.717) is 10.8 Å². The molecule has 7 heteroatoms. The van der Waals surface area contributed by atoms with Crippen LogP contribution in [0.1, 0.15) is 0 Å². The van der Waals surface area contributed by atoms with E-state index < -0.39 is 4.92 Å². The molecule has 0 fully saturated rings. The maximum absolute atomic E-state index is 10.6. The quantitative estimate of drug-likeness (QED) is 0.532. The van der Waals surface area contributed by atoms with Crippen molar-refractivity contribution in [2.45, 2.75) is 0 Å². The Hall–Kier alpha value is -2.47. The minimum absolute atomic E-state index is 0.0450. The van der Waals surface area contributed by atoms with Gasteiger partial charge in [-0.15, -0.1) is 0 Å². The number of nitrogens with zero attached hydrogens (tertiary/aromatic N) is 4. The van der Waals surface area contributed by atoms with Gasteiger partial charge in [0.1, 0.15) is 5.15 Å². The maximum Gasteiger partial charge on any atom is 0.269 e. The smallest absolute Gasteiger partial charge is 0.258 e. The molecule has 0 radical (unpaired) electrons. The van der Waals surface area contributed by atoms with Crippen LogP contribution in [0.25, 0.3) is 16.9 Å². The third-order valence-corrected chi connectivity index (χ3v) is 2.91. The lowest BCUT2D eigenvalue weighted by Crippen LogP contribution is -1.94. The molecule has 3 rings (SSSR count). The van der Waals surface area contributed by atoms with Crippen molar-refractivity contribution >= 4 is 22.9 Å². The van der Waals surface area contributed by atoms with Crippen molar-refractivity contribution in [1.82, 2.24) is 14.6 Å². The molecule has 0 bridgehead atoms. The zero-order chi connectivity index (χ0) is 13.4. The van der Waals surface area contributed by atoms with Gasteiger partial charge in [-0.25, -0.2) is 9.50 Å². The number of benzene rings is 1. The largest absolute Gasteiger partial charge is 0.269 e. The fourth-order valence-electron chi connectivity index (χ4n) is 1.80. The first-order chi connectivity index (χ1) is 9.15. The predicted octanol–water partition coefficient (Wildman–Crippen LogP) is 2.96. The van der Waals surface area contributed by atoms with Gasteiger partial charge in [0, 0.05) is 17.7 Å². The van der Waals surface area contributed by atoms with Crippen LogP contribution in [0.4, 0.5) is 5.69 Å². The number of rotatable bonds is 2. The fraction of sp³-hybridized carbons (Fsp3) is 0. The molecule has 0 amide bonds. The SMILES string of the molecule is O=[N+]([O-])c1ccc(-c2cnc3ccc(Cl)nn23)cc1.